The minimum atomic E-state index is -0.166. The normalized spacial score (nSPS) is 23.1. The Labute approximate surface area is 115 Å². The zero-order valence-electron chi connectivity index (χ0n) is 11.6. The first-order chi connectivity index (χ1) is 9.13. The lowest BCUT2D eigenvalue weighted by Gasteiger charge is -2.26. The highest BCUT2D eigenvalue weighted by atomic mass is 16.3. The molecule has 1 aliphatic rings. The molecule has 2 N–H and O–H groups in total. The van der Waals surface area contributed by atoms with E-state index in [4.69, 9.17) is 0 Å². The van der Waals surface area contributed by atoms with Gasteiger partial charge in [-0.2, -0.15) is 0 Å². The summed E-state index contributed by atoms with van der Waals surface area (Å²) in [6.45, 7) is 2.06. The number of hydrogen-bond acceptors (Lipinski definition) is 2. The van der Waals surface area contributed by atoms with Gasteiger partial charge in [0.15, 0.2) is 0 Å². The van der Waals surface area contributed by atoms with Crippen LogP contribution >= 0.6 is 0 Å². The maximum atomic E-state index is 11.9. The minimum absolute atomic E-state index is 0.127. The predicted octanol–water partition coefficient (Wildman–Crippen LogP) is 2.35. The Bertz CT molecular complexity index is 405. The zero-order valence-corrected chi connectivity index (χ0v) is 11.6. The second-order valence-corrected chi connectivity index (χ2v) is 5.56. The van der Waals surface area contributed by atoms with Crippen LogP contribution in [0, 0.1) is 6.92 Å². The van der Waals surface area contributed by atoms with Gasteiger partial charge in [-0.1, -0.05) is 29.8 Å². The molecule has 1 aromatic rings. The molecule has 1 amide bonds. The minimum Gasteiger partial charge on any atom is -0.393 e. The van der Waals surface area contributed by atoms with Crippen LogP contribution in [-0.4, -0.2) is 23.2 Å². The maximum Gasteiger partial charge on any atom is 0.220 e. The standard InChI is InChI=1S/C16H23NO2/c1-12-2-4-13(5-3-12)6-11-16(19)17-14-7-9-15(18)10-8-14/h2-5,14-15,18H,6-11H2,1H3,(H,17,19). The third-order valence-corrected chi connectivity index (χ3v) is 3.82. The van der Waals surface area contributed by atoms with Gasteiger partial charge in [0.2, 0.25) is 5.91 Å². The number of amides is 1. The number of carbonyl (C=O) groups excluding carboxylic acids is 1. The molecule has 0 atom stereocenters. The summed E-state index contributed by atoms with van der Waals surface area (Å²) in [6, 6.07) is 8.58. The highest BCUT2D eigenvalue weighted by Crippen LogP contribution is 2.18. The maximum absolute atomic E-state index is 11.9. The Balaban J connectivity index is 1.71. The van der Waals surface area contributed by atoms with Crippen molar-refractivity contribution in [1.29, 1.82) is 0 Å². The first-order valence-electron chi connectivity index (χ1n) is 7.16. The third-order valence-electron chi connectivity index (χ3n) is 3.82. The van der Waals surface area contributed by atoms with Gasteiger partial charge in [0.05, 0.1) is 6.10 Å². The Morgan fingerprint density at radius 2 is 1.84 bits per heavy atom. The Morgan fingerprint density at radius 3 is 2.47 bits per heavy atom. The van der Waals surface area contributed by atoms with Gasteiger partial charge in [0.25, 0.3) is 0 Å². The molecular formula is C16H23NO2. The molecule has 19 heavy (non-hydrogen) atoms. The van der Waals surface area contributed by atoms with Crippen LogP contribution in [0.15, 0.2) is 24.3 Å². The Hall–Kier alpha value is -1.35. The first-order valence-corrected chi connectivity index (χ1v) is 7.16. The summed E-state index contributed by atoms with van der Waals surface area (Å²) >= 11 is 0. The number of nitrogens with one attached hydrogen (secondary N) is 1. The Morgan fingerprint density at radius 1 is 1.21 bits per heavy atom. The molecular weight excluding hydrogens is 238 g/mol. The highest BCUT2D eigenvalue weighted by Gasteiger charge is 2.20. The predicted molar refractivity (Wildman–Crippen MR) is 75.9 cm³/mol. The molecule has 1 aromatic carbocycles. The molecule has 0 saturated heterocycles. The molecule has 1 fully saturated rings. The van der Waals surface area contributed by atoms with Crippen molar-refractivity contribution in [3.8, 4) is 0 Å². The van der Waals surface area contributed by atoms with E-state index in [0.717, 1.165) is 32.1 Å². The number of benzene rings is 1. The average Bonchev–Trinajstić information content (AvgIpc) is 2.41. The number of aliphatic hydroxyl groups is 1. The molecule has 1 saturated carbocycles. The van der Waals surface area contributed by atoms with Crippen molar-refractivity contribution >= 4 is 5.91 Å². The van der Waals surface area contributed by atoms with Gasteiger partial charge in [-0.25, -0.2) is 0 Å². The second-order valence-electron chi connectivity index (χ2n) is 5.56. The van der Waals surface area contributed by atoms with Crippen LogP contribution in [0.2, 0.25) is 0 Å². The van der Waals surface area contributed by atoms with E-state index in [1.807, 2.05) is 0 Å². The van der Waals surface area contributed by atoms with E-state index < -0.39 is 0 Å². The molecule has 3 nitrogen and oxygen atoms in total. The van der Waals surface area contributed by atoms with Crippen LogP contribution in [0.1, 0.15) is 43.2 Å². The summed E-state index contributed by atoms with van der Waals surface area (Å²) in [4.78, 5) is 11.9. The highest BCUT2D eigenvalue weighted by molar-refractivity contribution is 5.76. The number of aryl methyl sites for hydroxylation is 2. The largest absolute Gasteiger partial charge is 0.393 e. The first kappa shape index (κ1) is 14.1. The smallest absolute Gasteiger partial charge is 0.220 e. The van der Waals surface area contributed by atoms with Crippen LogP contribution < -0.4 is 5.32 Å². The van der Waals surface area contributed by atoms with E-state index in [0.29, 0.717) is 6.42 Å². The van der Waals surface area contributed by atoms with E-state index in [2.05, 4.69) is 36.5 Å². The number of aliphatic hydroxyl groups excluding tert-OH is 1. The lowest BCUT2D eigenvalue weighted by molar-refractivity contribution is -0.122. The fourth-order valence-corrected chi connectivity index (χ4v) is 2.53. The summed E-state index contributed by atoms with van der Waals surface area (Å²) in [5, 5.41) is 12.5. The van der Waals surface area contributed by atoms with Gasteiger partial charge in [-0.05, 0) is 44.6 Å². The summed E-state index contributed by atoms with van der Waals surface area (Å²) in [5.41, 5.74) is 2.45. The molecule has 1 aliphatic carbocycles. The molecule has 0 spiro atoms. The average molecular weight is 261 g/mol. The molecule has 0 bridgehead atoms. The summed E-state index contributed by atoms with van der Waals surface area (Å²) in [6.07, 6.45) is 4.59. The van der Waals surface area contributed by atoms with Crippen molar-refractivity contribution in [1.82, 2.24) is 5.32 Å². The van der Waals surface area contributed by atoms with Crippen LogP contribution in [0.3, 0.4) is 0 Å². The molecule has 0 aromatic heterocycles. The van der Waals surface area contributed by atoms with Gasteiger partial charge in [0, 0.05) is 12.5 Å². The number of rotatable bonds is 4. The third kappa shape index (κ3) is 4.67. The van der Waals surface area contributed by atoms with Crippen LogP contribution in [-0.2, 0) is 11.2 Å². The van der Waals surface area contributed by atoms with Crippen molar-refractivity contribution < 1.29 is 9.90 Å². The van der Waals surface area contributed by atoms with Crippen molar-refractivity contribution in [3.63, 3.8) is 0 Å². The molecule has 0 unspecified atom stereocenters. The van der Waals surface area contributed by atoms with Crippen LogP contribution in [0.5, 0.6) is 0 Å². The molecule has 0 radical (unpaired) electrons. The van der Waals surface area contributed by atoms with Crippen molar-refractivity contribution in [2.24, 2.45) is 0 Å². The van der Waals surface area contributed by atoms with Crippen LogP contribution in [0.25, 0.3) is 0 Å². The monoisotopic (exact) mass is 261 g/mol. The van der Waals surface area contributed by atoms with E-state index >= 15 is 0 Å². The molecule has 0 aliphatic heterocycles. The summed E-state index contributed by atoms with van der Waals surface area (Å²) in [5.74, 6) is 0.127. The molecule has 3 heteroatoms. The van der Waals surface area contributed by atoms with Gasteiger partial charge < -0.3 is 10.4 Å². The topological polar surface area (TPSA) is 49.3 Å². The Kier molecular flexibility index (Phi) is 4.97. The van der Waals surface area contributed by atoms with Crippen LogP contribution in [0.4, 0.5) is 0 Å². The second kappa shape index (κ2) is 6.71. The SMILES string of the molecule is Cc1ccc(CCC(=O)NC2CCC(O)CC2)cc1. The van der Waals surface area contributed by atoms with Gasteiger partial charge in [-0.15, -0.1) is 0 Å². The summed E-state index contributed by atoms with van der Waals surface area (Å²) < 4.78 is 0. The van der Waals surface area contributed by atoms with Gasteiger partial charge in [0.1, 0.15) is 0 Å². The van der Waals surface area contributed by atoms with Crippen molar-refractivity contribution in [2.75, 3.05) is 0 Å². The lowest BCUT2D eigenvalue weighted by atomic mass is 9.93. The zero-order chi connectivity index (χ0) is 13.7. The van der Waals surface area contributed by atoms with E-state index in [9.17, 15) is 9.90 Å². The quantitative estimate of drug-likeness (QED) is 0.874. The molecule has 104 valence electrons. The number of hydrogen-bond donors (Lipinski definition) is 2. The lowest BCUT2D eigenvalue weighted by Crippen LogP contribution is -2.38. The molecule has 0 heterocycles. The van der Waals surface area contributed by atoms with E-state index in [1.165, 1.54) is 11.1 Å². The fourth-order valence-electron chi connectivity index (χ4n) is 2.53. The number of carbonyl (C=O) groups is 1. The molecule has 2 rings (SSSR count). The van der Waals surface area contributed by atoms with Gasteiger partial charge >= 0.3 is 0 Å². The van der Waals surface area contributed by atoms with Gasteiger partial charge in [-0.3, -0.25) is 4.79 Å². The summed E-state index contributed by atoms with van der Waals surface area (Å²) in [7, 11) is 0. The van der Waals surface area contributed by atoms with Crippen molar-refractivity contribution in [3.05, 3.63) is 35.4 Å². The van der Waals surface area contributed by atoms with Crippen molar-refractivity contribution in [2.45, 2.75) is 57.6 Å². The fraction of sp³-hybridized carbons (Fsp3) is 0.562. The van der Waals surface area contributed by atoms with E-state index in [-0.39, 0.29) is 18.1 Å². The van der Waals surface area contributed by atoms with E-state index in [1.54, 1.807) is 0 Å².